The van der Waals surface area contributed by atoms with Gasteiger partial charge in [0.15, 0.2) is 0 Å². The Kier molecular flexibility index (Phi) is 5.45. The zero-order chi connectivity index (χ0) is 21.5. The summed E-state index contributed by atoms with van der Waals surface area (Å²) in [7, 11) is -2.11. The molecule has 1 atom stereocenters. The summed E-state index contributed by atoms with van der Waals surface area (Å²) < 4.78 is 32.9. The van der Waals surface area contributed by atoms with Gasteiger partial charge < -0.3 is 9.64 Å². The number of ether oxygens (including phenoxy) is 1. The first kappa shape index (κ1) is 20.7. The normalized spacial score (nSPS) is 17.3. The molecule has 0 unspecified atom stereocenters. The maximum Gasteiger partial charge on any atom is 0.210 e. The Morgan fingerprint density at radius 2 is 1.90 bits per heavy atom. The Balaban J connectivity index is 1.98. The van der Waals surface area contributed by atoms with Gasteiger partial charge >= 0.3 is 0 Å². The van der Waals surface area contributed by atoms with Crippen LogP contribution in [0.4, 0.5) is 5.69 Å². The van der Waals surface area contributed by atoms with Crippen molar-refractivity contribution in [2.75, 3.05) is 25.1 Å². The monoisotopic (exact) mass is 424 g/mol. The van der Waals surface area contributed by atoms with Gasteiger partial charge in [0.25, 0.3) is 0 Å². The van der Waals surface area contributed by atoms with Crippen molar-refractivity contribution < 1.29 is 13.2 Å². The van der Waals surface area contributed by atoms with Crippen LogP contribution in [0.15, 0.2) is 52.4 Å². The fourth-order valence-corrected chi connectivity index (χ4v) is 5.71. The number of hydrogen-bond acceptors (Lipinski definition) is 5. The van der Waals surface area contributed by atoms with Gasteiger partial charge in [-0.15, -0.1) is 0 Å². The Hall–Kier alpha value is -2.60. The largest absolute Gasteiger partial charge is 0.497 e. The molecule has 6 heteroatoms. The van der Waals surface area contributed by atoms with E-state index in [-0.39, 0.29) is 4.90 Å². The van der Waals surface area contributed by atoms with Crippen molar-refractivity contribution in [1.29, 1.82) is 0 Å². The van der Waals surface area contributed by atoms with Gasteiger partial charge in [0, 0.05) is 24.7 Å². The summed E-state index contributed by atoms with van der Waals surface area (Å²) in [5.41, 5.74) is 3.53. The SMILES string of the molecule is COc1ccc2ncc(S(=O)(=O)c3ccc(C)c(C)c3)c(N3CCC[C@H](C)C3)c2c1. The molecular weight excluding hydrogens is 396 g/mol. The van der Waals surface area contributed by atoms with Gasteiger partial charge in [-0.3, -0.25) is 4.98 Å². The maximum atomic E-state index is 13.7. The van der Waals surface area contributed by atoms with E-state index in [1.165, 1.54) is 6.20 Å². The Bertz CT molecular complexity index is 1200. The molecule has 30 heavy (non-hydrogen) atoms. The Morgan fingerprint density at radius 3 is 2.60 bits per heavy atom. The lowest BCUT2D eigenvalue weighted by atomic mass is 9.99. The van der Waals surface area contributed by atoms with Gasteiger partial charge in [0.1, 0.15) is 10.6 Å². The number of hydrogen-bond donors (Lipinski definition) is 0. The molecule has 0 N–H and O–H groups in total. The van der Waals surface area contributed by atoms with E-state index in [4.69, 9.17) is 4.74 Å². The van der Waals surface area contributed by atoms with Crippen LogP contribution in [0, 0.1) is 19.8 Å². The second-order valence-electron chi connectivity index (χ2n) is 8.30. The second-order valence-corrected chi connectivity index (χ2v) is 10.2. The Labute approximate surface area is 178 Å². The molecule has 1 fully saturated rings. The lowest BCUT2D eigenvalue weighted by Gasteiger charge is -2.34. The highest BCUT2D eigenvalue weighted by atomic mass is 32.2. The Morgan fingerprint density at radius 1 is 1.10 bits per heavy atom. The zero-order valence-electron chi connectivity index (χ0n) is 18.0. The predicted octanol–water partition coefficient (Wildman–Crippen LogP) is 4.93. The third kappa shape index (κ3) is 3.65. The number of nitrogens with zero attached hydrogens (tertiary/aromatic N) is 2. The molecule has 1 aliphatic rings. The molecule has 0 aliphatic carbocycles. The fraction of sp³-hybridized carbons (Fsp3) is 0.375. The third-order valence-corrected chi connectivity index (χ3v) is 7.82. The van der Waals surface area contributed by atoms with Crippen LogP contribution in [0.25, 0.3) is 10.9 Å². The molecule has 2 heterocycles. The molecule has 0 bridgehead atoms. The lowest BCUT2D eigenvalue weighted by molar-refractivity contribution is 0.415. The number of pyridine rings is 1. The van der Waals surface area contributed by atoms with Crippen LogP contribution in [0.3, 0.4) is 0 Å². The molecule has 2 aromatic carbocycles. The molecule has 0 radical (unpaired) electrons. The highest BCUT2D eigenvalue weighted by Crippen LogP contribution is 2.39. The molecule has 1 aliphatic heterocycles. The van der Waals surface area contributed by atoms with E-state index in [2.05, 4.69) is 16.8 Å². The molecule has 0 amide bonds. The number of fused-ring (bicyclic) bond motifs is 1. The van der Waals surface area contributed by atoms with E-state index in [9.17, 15) is 8.42 Å². The summed E-state index contributed by atoms with van der Waals surface area (Å²) in [6, 6.07) is 10.9. The van der Waals surface area contributed by atoms with Gasteiger partial charge in [-0.1, -0.05) is 13.0 Å². The van der Waals surface area contributed by atoms with Crippen LogP contribution in [-0.2, 0) is 9.84 Å². The van der Waals surface area contributed by atoms with Gasteiger partial charge in [0.2, 0.25) is 9.84 Å². The molecule has 1 saturated heterocycles. The zero-order valence-corrected chi connectivity index (χ0v) is 18.8. The third-order valence-electron chi connectivity index (χ3n) is 6.06. The smallest absolute Gasteiger partial charge is 0.210 e. The van der Waals surface area contributed by atoms with Crippen LogP contribution in [0.2, 0.25) is 0 Å². The number of sulfone groups is 1. The minimum absolute atomic E-state index is 0.264. The number of methoxy groups -OCH3 is 1. The summed E-state index contributed by atoms with van der Waals surface area (Å²) in [5, 5.41) is 0.813. The fourth-order valence-electron chi connectivity index (χ4n) is 4.19. The molecule has 0 spiro atoms. The molecule has 158 valence electrons. The van der Waals surface area contributed by atoms with Gasteiger partial charge in [-0.25, -0.2) is 8.42 Å². The number of anilines is 1. The van der Waals surface area contributed by atoms with E-state index in [1.54, 1.807) is 19.2 Å². The average Bonchev–Trinajstić information content (AvgIpc) is 2.74. The number of benzene rings is 2. The highest BCUT2D eigenvalue weighted by molar-refractivity contribution is 7.91. The standard InChI is InChI=1S/C24H28N2O3S/c1-16-6-5-11-26(15-16)24-21-13-19(29-4)8-10-22(21)25-14-23(24)30(27,28)20-9-7-17(2)18(3)12-20/h7-10,12-14,16H,5-6,11,15H2,1-4H3/t16-/m0/s1. The number of piperidine rings is 1. The first-order valence-electron chi connectivity index (χ1n) is 10.4. The molecule has 1 aromatic heterocycles. The van der Waals surface area contributed by atoms with Gasteiger partial charge in [0.05, 0.1) is 23.2 Å². The van der Waals surface area contributed by atoms with E-state index in [1.807, 2.05) is 38.1 Å². The average molecular weight is 425 g/mol. The number of rotatable bonds is 4. The summed E-state index contributed by atoms with van der Waals surface area (Å²) in [5.74, 6) is 1.20. The van der Waals surface area contributed by atoms with E-state index >= 15 is 0 Å². The van der Waals surface area contributed by atoms with Crippen LogP contribution >= 0.6 is 0 Å². The van der Waals surface area contributed by atoms with Crippen molar-refractivity contribution >= 4 is 26.4 Å². The van der Waals surface area contributed by atoms with Crippen molar-refractivity contribution in [3.05, 3.63) is 53.7 Å². The maximum absolute atomic E-state index is 13.7. The molecule has 5 nitrogen and oxygen atoms in total. The van der Waals surface area contributed by atoms with Crippen molar-refractivity contribution in [1.82, 2.24) is 4.98 Å². The quantitative estimate of drug-likeness (QED) is 0.594. The summed E-state index contributed by atoms with van der Waals surface area (Å²) in [6.07, 6.45) is 3.72. The molecular formula is C24H28N2O3S. The molecule has 0 saturated carbocycles. The first-order chi connectivity index (χ1) is 14.3. The minimum atomic E-state index is -3.73. The number of aryl methyl sites for hydroxylation is 2. The summed E-state index contributed by atoms with van der Waals surface area (Å²) >= 11 is 0. The van der Waals surface area contributed by atoms with Crippen molar-refractivity contribution in [3.63, 3.8) is 0 Å². The summed E-state index contributed by atoms with van der Waals surface area (Å²) in [6.45, 7) is 7.79. The van der Waals surface area contributed by atoms with E-state index in [0.29, 0.717) is 16.6 Å². The van der Waals surface area contributed by atoms with Gasteiger partial charge in [-0.2, -0.15) is 0 Å². The predicted molar refractivity (Wildman–Crippen MR) is 120 cm³/mol. The van der Waals surface area contributed by atoms with E-state index in [0.717, 1.165) is 53.6 Å². The minimum Gasteiger partial charge on any atom is -0.497 e. The summed E-state index contributed by atoms with van der Waals surface area (Å²) in [4.78, 5) is 7.29. The van der Waals surface area contributed by atoms with Crippen LogP contribution in [0.5, 0.6) is 5.75 Å². The first-order valence-corrected chi connectivity index (χ1v) is 11.8. The lowest BCUT2D eigenvalue weighted by Crippen LogP contribution is -2.35. The topological polar surface area (TPSA) is 59.5 Å². The van der Waals surface area contributed by atoms with Gasteiger partial charge in [-0.05, 0) is 74.1 Å². The molecule has 3 aromatic rings. The van der Waals surface area contributed by atoms with Crippen LogP contribution in [0.1, 0.15) is 30.9 Å². The van der Waals surface area contributed by atoms with Crippen molar-refractivity contribution in [2.45, 2.75) is 43.4 Å². The number of aromatic nitrogens is 1. The van der Waals surface area contributed by atoms with Crippen molar-refractivity contribution in [3.8, 4) is 5.75 Å². The van der Waals surface area contributed by atoms with E-state index < -0.39 is 9.84 Å². The van der Waals surface area contributed by atoms with Crippen molar-refractivity contribution in [2.24, 2.45) is 5.92 Å². The highest BCUT2D eigenvalue weighted by Gasteiger charge is 2.29. The second kappa shape index (κ2) is 7.91. The van der Waals surface area contributed by atoms with Crippen LogP contribution in [-0.4, -0.2) is 33.6 Å². The molecule has 4 rings (SSSR count). The van der Waals surface area contributed by atoms with Crippen LogP contribution < -0.4 is 9.64 Å².